The molecule has 0 unspecified atom stereocenters. The maximum Gasteiger partial charge on any atom is 0.239 e. The fraction of sp³-hybridized carbons (Fsp3) is 0.533. The molecule has 0 atom stereocenters. The van der Waals surface area contributed by atoms with Crippen LogP contribution in [0.3, 0.4) is 0 Å². The number of amides is 1. The first-order valence-corrected chi connectivity index (χ1v) is 7.81. The van der Waals surface area contributed by atoms with Crippen LogP contribution in [0.15, 0.2) is 6.07 Å². The minimum Gasteiger partial charge on any atom is -0.389 e. The summed E-state index contributed by atoms with van der Waals surface area (Å²) in [7, 11) is 0. The molecule has 0 saturated heterocycles. The number of fused-ring (bicyclic) bond motifs is 1. The maximum atomic E-state index is 11.9. The molecule has 1 aromatic heterocycles. The summed E-state index contributed by atoms with van der Waals surface area (Å²) in [6, 6.07) is 2.05. The summed E-state index contributed by atoms with van der Waals surface area (Å²) in [5, 5.41) is 2.81. The lowest BCUT2D eigenvalue weighted by Gasteiger charge is -2.24. The zero-order valence-corrected chi connectivity index (χ0v) is 13.4. The second kappa shape index (κ2) is 6.85. The minimum absolute atomic E-state index is 0.0180. The van der Waals surface area contributed by atoms with Crippen molar-refractivity contribution in [3.05, 3.63) is 22.9 Å². The van der Waals surface area contributed by atoms with Crippen molar-refractivity contribution < 1.29 is 4.79 Å². The Morgan fingerprint density at radius 2 is 2.24 bits per heavy atom. The fourth-order valence-electron chi connectivity index (χ4n) is 2.65. The van der Waals surface area contributed by atoms with Gasteiger partial charge in [0.1, 0.15) is 10.8 Å². The SMILES string of the molecule is CCNC(=O)CN(CC)c1nc2c(cc1C(N)=S)CCC2. The molecule has 2 rings (SSSR count). The van der Waals surface area contributed by atoms with Crippen molar-refractivity contribution in [3.63, 3.8) is 0 Å². The Morgan fingerprint density at radius 1 is 1.48 bits per heavy atom. The fourth-order valence-corrected chi connectivity index (χ4v) is 2.80. The van der Waals surface area contributed by atoms with E-state index < -0.39 is 0 Å². The van der Waals surface area contributed by atoms with E-state index in [9.17, 15) is 4.79 Å². The normalized spacial score (nSPS) is 12.9. The summed E-state index contributed by atoms with van der Waals surface area (Å²) >= 11 is 5.16. The van der Waals surface area contributed by atoms with Crippen molar-refractivity contribution in [2.45, 2.75) is 33.1 Å². The third kappa shape index (κ3) is 3.50. The molecule has 0 fully saturated rings. The number of aromatic nitrogens is 1. The van der Waals surface area contributed by atoms with E-state index in [1.165, 1.54) is 5.56 Å². The average molecular weight is 306 g/mol. The second-order valence-electron chi connectivity index (χ2n) is 5.15. The van der Waals surface area contributed by atoms with E-state index in [0.717, 1.165) is 36.3 Å². The number of hydrogen-bond donors (Lipinski definition) is 2. The first-order chi connectivity index (χ1) is 10.1. The van der Waals surface area contributed by atoms with Crippen molar-refractivity contribution in [1.82, 2.24) is 10.3 Å². The highest BCUT2D eigenvalue weighted by Gasteiger charge is 2.21. The lowest BCUT2D eigenvalue weighted by Crippen LogP contribution is -2.38. The van der Waals surface area contributed by atoms with Crippen molar-refractivity contribution in [1.29, 1.82) is 0 Å². The number of carbonyl (C=O) groups is 1. The van der Waals surface area contributed by atoms with E-state index in [1.807, 2.05) is 24.8 Å². The van der Waals surface area contributed by atoms with Gasteiger partial charge >= 0.3 is 0 Å². The molecule has 1 aromatic rings. The van der Waals surface area contributed by atoms with Crippen molar-refractivity contribution >= 4 is 28.9 Å². The summed E-state index contributed by atoms with van der Waals surface area (Å²) in [6.07, 6.45) is 3.13. The molecule has 3 N–H and O–H groups in total. The summed E-state index contributed by atoms with van der Waals surface area (Å²) < 4.78 is 0. The van der Waals surface area contributed by atoms with Crippen LogP contribution in [0.5, 0.6) is 0 Å². The van der Waals surface area contributed by atoms with Gasteiger partial charge in [-0.25, -0.2) is 4.98 Å². The summed E-state index contributed by atoms with van der Waals surface area (Å²) in [5.41, 5.74) is 8.97. The number of nitrogens with two attached hydrogens (primary N) is 1. The number of hydrogen-bond acceptors (Lipinski definition) is 4. The minimum atomic E-state index is -0.0180. The number of pyridine rings is 1. The third-order valence-corrected chi connectivity index (χ3v) is 3.91. The number of likely N-dealkylation sites (N-methyl/N-ethyl adjacent to an activating group) is 2. The highest BCUT2D eigenvalue weighted by Crippen LogP contribution is 2.27. The summed E-state index contributed by atoms with van der Waals surface area (Å²) in [6.45, 7) is 5.47. The number of nitrogens with one attached hydrogen (secondary N) is 1. The van der Waals surface area contributed by atoms with Crippen LogP contribution in [0, 0.1) is 0 Å². The zero-order chi connectivity index (χ0) is 15.4. The first-order valence-electron chi connectivity index (χ1n) is 7.41. The van der Waals surface area contributed by atoms with Crippen LogP contribution in [0.4, 0.5) is 5.82 Å². The molecule has 0 aromatic carbocycles. The lowest BCUT2D eigenvalue weighted by molar-refractivity contribution is -0.119. The molecule has 0 radical (unpaired) electrons. The molecule has 0 saturated carbocycles. The smallest absolute Gasteiger partial charge is 0.239 e. The van der Waals surface area contributed by atoms with Gasteiger partial charge in [0.05, 0.1) is 12.1 Å². The van der Waals surface area contributed by atoms with Crippen molar-refractivity contribution in [2.75, 3.05) is 24.5 Å². The van der Waals surface area contributed by atoms with E-state index in [0.29, 0.717) is 18.1 Å². The van der Waals surface area contributed by atoms with Gasteiger partial charge in [-0.3, -0.25) is 4.79 Å². The average Bonchev–Trinajstić information content (AvgIpc) is 2.90. The van der Waals surface area contributed by atoms with E-state index in [1.54, 1.807) is 0 Å². The molecular formula is C15H22N4OS. The number of nitrogens with zero attached hydrogens (tertiary/aromatic N) is 2. The lowest BCUT2D eigenvalue weighted by atomic mass is 10.1. The van der Waals surface area contributed by atoms with E-state index in [-0.39, 0.29) is 12.5 Å². The quantitative estimate of drug-likeness (QED) is 0.772. The molecule has 1 heterocycles. The van der Waals surface area contributed by atoms with Gasteiger partial charge in [-0.1, -0.05) is 12.2 Å². The van der Waals surface area contributed by atoms with Crippen LogP contribution in [-0.4, -0.2) is 35.5 Å². The van der Waals surface area contributed by atoms with Gasteiger partial charge in [0.2, 0.25) is 5.91 Å². The van der Waals surface area contributed by atoms with E-state index in [4.69, 9.17) is 22.9 Å². The molecular weight excluding hydrogens is 284 g/mol. The number of carbonyl (C=O) groups excluding carboxylic acids is 1. The number of rotatable bonds is 6. The highest BCUT2D eigenvalue weighted by atomic mass is 32.1. The number of anilines is 1. The Hall–Kier alpha value is -1.69. The molecule has 1 amide bonds. The molecule has 1 aliphatic carbocycles. The molecule has 114 valence electrons. The topological polar surface area (TPSA) is 71.2 Å². The highest BCUT2D eigenvalue weighted by molar-refractivity contribution is 7.80. The van der Waals surface area contributed by atoms with Gasteiger partial charge < -0.3 is 16.0 Å². The van der Waals surface area contributed by atoms with Gasteiger partial charge in [0, 0.05) is 18.8 Å². The zero-order valence-electron chi connectivity index (χ0n) is 12.6. The Kier molecular flexibility index (Phi) is 5.12. The maximum absolute atomic E-state index is 11.9. The van der Waals surface area contributed by atoms with Crippen LogP contribution < -0.4 is 16.0 Å². The monoisotopic (exact) mass is 306 g/mol. The van der Waals surface area contributed by atoms with Gasteiger partial charge in [0.25, 0.3) is 0 Å². The van der Waals surface area contributed by atoms with Crippen LogP contribution >= 0.6 is 12.2 Å². The van der Waals surface area contributed by atoms with Crippen LogP contribution in [0.2, 0.25) is 0 Å². The van der Waals surface area contributed by atoms with E-state index in [2.05, 4.69) is 5.32 Å². The molecule has 0 spiro atoms. The Balaban J connectivity index is 2.35. The molecule has 5 nitrogen and oxygen atoms in total. The standard InChI is InChI=1S/C15H22N4OS/c1-3-17-13(20)9-19(4-2)15-11(14(16)21)8-10-6-5-7-12(10)18-15/h8H,3-7,9H2,1-2H3,(H2,16,21)(H,17,20). The van der Waals surface area contributed by atoms with Gasteiger partial charge in [-0.15, -0.1) is 0 Å². The van der Waals surface area contributed by atoms with Gasteiger partial charge in [0.15, 0.2) is 0 Å². The van der Waals surface area contributed by atoms with Crippen LogP contribution in [-0.2, 0) is 17.6 Å². The summed E-state index contributed by atoms with van der Waals surface area (Å²) in [5.74, 6) is 0.715. The predicted octanol–water partition coefficient (Wildman–Crippen LogP) is 1.17. The van der Waals surface area contributed by atoms with Crippen LogP contribution in [0.25, 0.3) is 0 Å². The molecule has 0 bridgehead atoms. The van der Waals surface area contributed by atoms with Gasteiger partial charge in [-0.2, -0.15) is 0 Å². The third-order valence-electron chi connectivity index (χ3n) is 3.69. The molecule has 6 heteroatoms. The van der Waals surface area contributed by atoms with Gasteiger partial charge in [-0.05, 0) is 44.7 Å². The Bertz CT molecular complexity index is 559. The molecule has 21 heavy (non-hydrogen) atoms. The Morgan fingerprint density at radius 3 is 2.86 bits per heavy atom. The Labute approximate surface area is 130 Å². The number of thiocarbonyl (C=S) groups is 1. The molecule has 0 aliphatic heterocycles. The van der Waals surface area contributed by atoms with Crippen molar-refractivity contribution in [2.24, 2.45) is 5.73 Å². The predicted molar refractivity (Wildman–Crippen MR) is 88.7 cm³/mol. The van der Waals surface area contributed by atoms with E-state index >= 15 is 0 Å². The van der Waals surface area contributed by atoms with Crippen molar-refractivity contribution in [3.8, 4) is 0 Å². The number of aryl methyl sites for hydroxylation is 2. The summed E-state index contributed by atoms with van der Waals surface area (Å²) in [4.78, 5) is 18.9. The second-order valence-corrected chi connectivity index (χ2v) is 5.59. The van der Waals surface area contributed by atoms with Crippen LogP contribution in [0.1, 0.15) is 37.1 Å². The first kappa shape index (κ1) is 15.7. The molecule has 1 aliphatic rings. The largest absolute Gasteiger partial charge is 0.389 e.